The zero-order valence-corrected chi connectivity index (χ0v) is 14.5. The molecule has 0 N–H and O–H groups in total. The van der Waals surface area contributed by atoms with Gasteiger partial charge in [-0.3, -0.25) is 9.36 Å². The van der Waals surface area contributed by atoms with Crippen molar-refractivity contribution in [2.24, 2.45) is 0 Å². The van der Waals surface area contributed by atoms with E-state index in [0.717, 1.165) is 12.8 Å². The van der Waals surface area contributed by atoms with Crippen molar-refractivity contribution in [1.82, 2.24) is 19.4 Å². The molecule has 1 aliphatic rings. The number of benzene rings is 1. The molecule has 0 radical (unpaired) electrons. The number of amides is 1. The van der Waals surface area contributed by atoms with Crippen molar-refractivity contribution in [3.63, 3.8) is 0 Å². The lowest BCUT2D eigenvalue weighted by atomic mass is 10.1. The van der Waals surface area contributed by atoms with E-state index in [0.29, 0.717) is 17.9 Å². The zero-order valence-electron chi connectivity index (χ0n) is 14.5. The zero-order chi connectivity index (χ0) is 17.9. The van der Waals surface area contributed by atoms with Gasteiger partial charge in [0.25, 0.3) is 5.91 Å². The minimum atomic E-state index is -0.00429. The summed E-state index contributed by atoms with van der Waals surface area (Å²) in [5.74, 6) is 0.675. The van der Waals surface area contributed by atoms with Crippen LogP contribution in [0, 0.1) is 0 Å². The second-order valence-corrected chi connectivity index (χ2v) is 6.37. The van der Waals surface area contributed by atoms with Gasteiger partial charge in [-0.25, -0.2) is 9.97 Å². The highest BCUT2D eigenvalue weighted by atomic mass is 16.2. The molecule has 4 rings (SSSR count). The normalized spacial score (nSPS) is 15.5. The first-order chi connectivity index (χ1) is 12.8. The van der Waals surface area contributed by atoms with Crippen LogP contribution in [-0.4, -0.2) is 31.9 Å². The highest BCUT2D eigenvalue weighted by Gasteiger charge is 2.30. The quantitative estimate of drug-likeness (QED) is 0.665. The fraction of sp³-hybridized carbons (Fsp3) is 0.190. The van der Waals surface area contributed by atoms with Crippen LogP contribution in [0.5, 0.6) is 0 Å². The maximum absolute atomic E-state index is 13.3. The third kappa shape index (κ3) is 2.92. The first-order valence-corrected chi connectivity index (χ1v) is 8.72. The maximum atomic E-state index is 13.3. The highest BCUT2D eigenvalue weighted by molar-refractivity contribution is 5.95. The van der Waals surface area contributed by atoms with E-state index in [1.165, 1.54) is 11.1 Å². The molecule has 0 unspecified atom stereocenters. The van der Waals surface area contributed by atoms with Crippen LogP contribution in [0.15, 0.2) is 74.0 Å². The number of aromatic nitrogens is 3. The number of fused-ring (bicyclic) bond motifs is 1. The van der Waals surface area contributed by atoms with E-state index in [1.807, 2.05) is 17.2 Å². The van der Waals surface area contributed by atoms with E-state index in [4.69, 9.17) is 0 Å². The lowest BCUT2D eigenvalue weighted by molar-refractivity contribution is 0.0701. The average Bonchev–Trinajstić information content (AvgIpc) is 3.36. The summed E-state index contributed by atoms with van der Waals surface area (Å²) in [6, 6.07) is 12.0. The van der Waals surface area contributed by atoms with Crippen molar-refractivity contribution >= 4 is 5.91 Å². The van der Waals surface area contributed by atoms with Gasteiger partial charge in [0.1, 0.15) is 12.1 Å². The molecule has 0 bridgehead atoms. The predicted molar refractivity (Wildman–Crippen MR) is 100 cm³/mol. The number of rotatable bonds is 5. The Kier molecular flexibility index (Phi) is 4.35. The van der Waals surface area contributed by atoms with Crippen LogP contribution < -0.4 is 0 Å². The van der Waals surface area contributed by atoms with Crippen molar-refractivity contribution in [3.05, 3.63) is 90.7 Å². The number of aryl methyl sites for hydroxylation is 1. The van der Waals surface area contributed by atoms with Gasteiger partial charge >= 0.3 is 0 Å². The largest absolute Gasteiger partial charge is 0.328 e. The summed E-state index contributed by atoms with van der Waals surface area (Å²) in [4.78, 5) is 23.6. The van der Waals surface area contributed by atoms with Crippen LogP contribution in [0.4, 0.5) is 0 Å². The van der Waals surface area contributed by atoms with E-state index in [-0.39, 0.29) is 11.9 Å². The Morgan fingerprint density at radius 1 is 1.31 bits per heavy atom. The number of pyridine rings is 1. The summed E-state index contributed by atoms with van der Waals surface area (Å²) in [7, 11) is 0. The molecule has 1 amide bonds. The van der Waals surface area contributed by atoms with Crippen LogP contribution in [0.3, 0.4) is 0 Å². The number of nitrogens with zero attached hydrogens (tertiary/aromatic N) is 4. The predicted octanol–water partition coefficient (Wildman–Crippen LogP) is 3.58. The smallest absolute Gasteiger partial charge is 0.254 e. The van der Waals surface area contributed by atoms with Gasteiger partial charge in [0.2, 0.25) is 0 Å². The fourth-order valence-corrected chi connectivity index (χ4v) is 3.60. The van der Waals surface area contributed by atoms with Gasteiger partial charge in [0.15, 0.2) is 0 Å². The standard InChI is InChI=1S/C21H20N4O/c1-2-12-25(19-8-7-16-5-3-4-6-18(16)19)21(26)17-9-10-23-20(14-17)24-13-11-22-15-24/h2-6,9-11,13-15,19H,1,7-8,12H2/t19-/m0/s1. The molecule has 3 aromatic rings. The van der Waals surface area contributed by atoms with Gasteiger partial charge in [0.05, 0.1) is 6.04 Å². The van der Waals surface area contributed by atoms with Crippen LogP contribution >= 0.6 is 0 Å². The molecule has 0 saturated carbocycles. The molecule has 0 aliphatic heterocycles. The van der Waals surface area contributed by atoms with Crippen LogP contribution in [0.1, 0.15) is 33.9 Å². The summed E-state index contributed by atoms with van der Waals surface area (Å²) >= 11 is 0. The van der Waals surface area contributed by atoms with Gasteiger partial charge in [0, 0.05) is 30.7 Å². The SMILES string of the molecule is C=CCN(C(=O)c1ccnc(-n2ccnc2)c1)[C@H]1CCc2ccccc21. The van der Waals surface area contributed by atoms with Crippen LogP contribution in [0.2, 0.25) is 0 Å². The van der Waals surface area contributed by atoms with Crippen LogP contribution in [0.25, 0.3) is 5.82 Å². The molecule has 5 heteroatoms. The van der Waals surface area contributed by atoms with Crippen LogP contribution in [-0.2, 0) is 6.42 Å². The van der Waals surface area contributed by atoms with Gasteiger partial charge in [-0.2, -0.15) is 0 Å². The molecule has 5 nitrogen and oxygen atoms in total. The monoisotopic (exact) mass is 344 g/mol. The Hall–Kier alpha value is -3.21. The Morgan fingerprint density at radius 2 is 2.19 bits per heavy atom. The first kappa shape index (κ1) is 16.3. The molecular weight excluding hydrogens is 324 g/mol. The number of carbonyl (C=O) groups is 1. The molecule has 26 heavy (non-hydrogen) atoms. The van der Waals surface area contributed by atoms with E-state index >= 15 is 0 Å². The second kappa shape index (κ2) is 6.96. The average molecular weight is 344 g/mol. The summed E-state index contributed by atoms with van der Waals surface area (Å²) in [6.07, 6.45) is 10.6. The van der Waals surface area contributed by atoms with E-state index in [1.54, 1.807) is 41.5 Å². The molecule has 1 atom stereocenters. The Bertz CT molecular complexity index is 933. The maximum Gasteiger partial charge on any atom is 0.254 e. The third-order valence-electron chi connectivity index (χ3n) is 4.83. The molecule has 2 aromatic heterocycles. The second-order valence-electron chi connectivity index (χ2n) is 6.37. The third-order valence-corrected chi connectivity index (χ3v) is 4.83. The van der Waals surface area contributed by atoms with E-state index < -0.39 is 0 Å². The lowest BCUT2D eigenvalue weighted by Gasteiger charge is -2.29. The van der Waals surface area contributed by atoms with Crippen molar-refractivity contribution < 1.29 is 4.79 Å². The highest BCUT2D eigenvalue weighted by Crippen LogP contribution is 2.36. The molecule has 0 saturated heterocycles. The Labute approximate surface area is 152 Å². The van der Waals surface area contributed by atoms with Crippen molar-refractivity contribution in [3.8, 4) is 5.82 Å². The van der Waals surface area contributed by atoms with Crippen molar-refractivity contribution in [2.45, 2.75) is 18.9 Å². The van der Waals surface area contributed by atoms with E-state index in [2.05, 4.69) is 34.7 Å². The van der Waals surface area contributed by atoms with Gasteiger partial charge in [-0.05, 0) is 36.1 Å². The summed E-state index contributed by atoms with van der Waals surface area (Å²) in [5.41, 5.74) is 3.19. The summed E-state index contributed by atoms with van der Waals surface area (Å²) in [5, 5.41) is 0. The lowest BCUT2D eigenvalue weighted by Crippen LogP contribution is -2.34. The molecule has 1 aromatic carbocycles. The van der Waals surface area contributed by atoms with Gasteiger partial charge < -0.3 is 4.90 Å². The Morgan fingerprint density at radius 3 is 3.00 bits per heavy atom. The minimum absolute atomic E-state index is 0.00429. The molecule has 0 fully saturated rings. The van der Waals surface area contributed by atoms with Crippen molar-refractivity contribution in [1.29, 1.82) is 0 Å². The molecule has 1 aliphatic carbocycles. The minimum Gasteiger partial charge on any atom is -0.328 e. The fourth-order valence-electron chi connectivity index (χ4n) is 3.60. The first-order valence-electron chi connectivity index (χ1n) is 8.72. The summed E-state index contributed by atoms with van der Waals surface area (Å²) < 4.78 is 1.79. The number of imidazole rings is 1. The molecule has 2 heterocycles. The molecular formula is C21H20N4O. The topological polar surface area (TPSA) is 51.0 Å². The van der Waals surface area contributed by atoms with Crippen molar-refractivity contribution in [2.75, 3.05) is 6.54 Å². The Balaban J connectivity index is 1.67. The van der Waals surface area contributed by atoms with Gasteiger partial charge in [-0.15, -0.1) is 6.58 Å². The number of carbonyl (C=O) groups excluding carboxylic acids is 1. The molecule has 0 spiro atoms. The summed E-state index contributed by atoms with van der Waals surface area (Å²) in [6.45, 7) is 4.36. The van der Waals surface area contributed by atoms with E-state index in [9.17, 15) is 4.79 Å². The number of hydrogen-bond acceptors (Lipinski definition) is 3. The molecule has 130 valence electrons. The van der Waals surface area contributed by atoms with Gasteiger partial charge in [-0.1, -0.05) is 30.3 Å². The number of hydrogen-bond donors (Lipinski definition) is 0.